The number of hydrogen-bond acceptors (Lipinski definition) is 1. The zero-order chi connectivity index (χ0) is 8.48. The Kier molecular flexibility index (Phi) is 2.03. The Balaban J connectivity index is 2.69. The van der Waals surface area contributed by atoms with E-state index in [9.17, 15) is 4.79 Å². The number of nitrogens with one attached hydrogen (secondary N) is 1. The summed E-state index contributed by atoms with van der Waals surface area (Å²) in [5.74, 6) is 0.155. The van der Waals surface area contributed by atoms with E-state index in [1.165, 1.54) is 0 Å². The maximum atomic E-state index is 10.9. The van der Waals surface area contributed by atoms with Crippen LogP contribution in [0.15, 0.2) is 12.2 Å². The molecular weight excluding hydrogens is 138 g/mol. The van der Waals surface area contributed by atoms with Gasteiger partial charge in [0.05, 0.1) is 5.54 Å². The van der Waals surface area contributed by atoms with E-state index in [2.05, 4.69) is 18.8 Å². The Morgan fingerprint density at radius 3 is 2.82 bits per heavy atom. The van der Waals surface area contributed by atoms with Crippen molar-refractivity contribution in [3.05, 3.63) is 12.2 Å². The molecule has 0 aromatic rings. The van der Waals surface area contributed by atoms with Gasteiger partial charge in [-0.3, -0.25) is 4.79 Å². The highest BCUT2D eigenvalue weighted by Crippen LogP contribution is 2.27. The first-order valence-electron chi connectivity index (χ1n) is 4.08. The Labute approximate surface area is 67.7 Å². The largest absolute Gasteiger partial charge is 0.347 e. The van der Waals surface area contributed by atoms with E-state index < -0.39 is 0 Å². The minimum Gasteiger partial charge on any atom is -0.347 e. The van der Waals surface area contributed by atoms with E-state index in [-0.39, 0.29) is 11.4 Å². The molecule has 0 bridgehead atoms. The number of carbonyl (C=O) groups is 1. The molecule has 1 atom stereocenters. The van der Waals surface area contributed by atoms with Crippen molar-refractivity contribution in [2.75, 3.05) is 0 Å². The molecule has 1 fully saturated rings. The molecule has 0 aromatic carbocycles. The third-order valence-electron chi connectivity index (χ3n) is 2.47. The Morgan fingerprint density at radius 1 is 1.82 bits per heavy atom. The lowest BCUT2D eigenvalue weighted by molar-refractivity contribution is -0.119. The molecule has 62 valence electrons. The Bertz CT molecular complexity index is 198. The summed E-state index contributed by atoms with van der Waals surface area (Å²) in [7, 11) is 0. The lowest BCUT2D eigenvalue weighted by Crippen LogP contribution is -2.39. The quantitative estimate of drug-likeness (QED) is 0.600. The number of rotatable bonds is 2. The van der Waals surface area contributed by atoms with E-state index >= 15 is 0 Å². The van der Waals surface area contributed by atoms with Crippen molar-refractivity contribution >= 4 is 5.91 Å². The molecule has 1 saturated heterocycles. The fourth-order valence-electron chi connectivity index (χ4n) is 1.45. The molecule has 0 saturated carbocycles. The molecule has 0 aromatic heterocycles. The highest BCUT2D eigenvalue weighted by Gasteiger charge is 2.34. The van der Waals surface area contributed by atoms with Gasteiger partial charge in [0.1, 0.15) is 0 Å². The summed E-state index contributed by atoms with van der Waals surface area (Å²) in [5, 5.41) is 2.94. The summed E-state index contributed by atoms with van der Waals surface area (Å²) in [6, 6.07) is 0. The maximum Gasteiger partial charge on any atom is 0.220 e. The van der Waals surface area contributed by atoms with Crippen molar-refractivity contribution < 1.29 is 4.79 Å². The van der Waals surface area contributed by atoms with Gasteiger partial charge in [-0.05, 0) is 19.8 Å². The van der Waals surface area contributed by atoms with Crippen molar-refractivity contribution in [1.82, 2.24) is 5.32 Å². The van der Waals surface area contributed by atoms with E-state index in [1.54, 1.807) is 0 Å². The van der Waals surface area contributed by atoms with E-state index in [1.807, 2.05) is 6.92 Å². The second kappa shape index (κ2) is 2.68. The number of amides is 1. The minimum absolute atomic E-state index is 0.119. The summed E-state index contributed by atoms with van der Waals surface area (Å²) >= 11 is 0. The highest BCUT2D eigenvalue weighted by molar-refractivity contribution is 5.80. The third-order valence-corrected chi connectivity index (χ3v) is 2.47. The lowest BCUT2D eigenvalue weighted by Gasteiger charge is -2.25. The zero-order valence-electron chi connectivity index (χ0n) is 7.24. The second-order valence-electron chi connectivity index (χ2n) is 3.34. The molecule has 1 heterocycles. The average Bonchev–Trinajstić information content (AvgIpc) is 2.31. The molecule has 1 rings (SSSR count). The molecular formula is C9H15NO. The van der Waals surface area contributed by atoms with Gasteiger partial charge < -0.3 is 5.32 Å². The first-order valence-corrected chi connectivity index (χ1v) is 4.08. The zero-order valence-corrected chi connectivity index (χ0v) is 7.24. The normalized spacial score (nSPS) is 30.2. The smallest absolute Gasteiger partial charge is 0.220 e. The fourth-order valence-corrected chi connectivity index (χ4v) is 1.45. The van der Waals surface area contributed by atoms with Crippen LogP contribution in [0.25, 0.3) is 0 Å². The van der Waals surface area contributed by atoms with Crippen LogP contribution in [-0.4, -0.2) is 11.4 Å². The lowest BCUT2D eigenvalue weighted by atomic mass is 9.90. The van der Waals surface area contributed by atoms with Gasteiger partial charge in [0.2, 0.25) is 5.91 Å². The molecule has 1 aliphatic heterocycles. The summed E-state index contributed by atoms with van der Waals surface area (Å²) in [6.45, 7) is 8.06. The predicted octanol–water partition coefficient (Wildman–Crippen LogP) is 1.62. The Morgan fingerprint density at radius 2 is 2.45 bits per heavy atom. The molecule has 2 heteroatoms. The predicted molar refractivity (Wildman–Crippen MR) is 45.2 cm³/mol. The van der Waals surface area contributed by atoms with Gasteiger partial charge in [-0.25, -0.2) is 0 Å². The molecule has 1 N–H and O–H groups in total. The SMILES string of the molecule is C=C(CC)C1(C)CCC(=O)N1. The van der Waals surface area contributed by atoms with Gasteiger partial charge in [-0.2, -0.15) is 0 Å². The van der Waals surface area contributed by atoms with Crippen LogP contribution >= 0.6 is 0 Å². The summed E-state index contributed by atoms with van der Waals surface area (Å²) in [6.07, 6.45) is 2.49. The summed E-state index contributed by atoms with van der Waals surface area (Å²) in [4.78, 5) is 10.9. The molecule has 1 unspecified atom stereocenters. The molecule has 1 aliphatic rings. The van der Waals surface area contributed by atoms with Crippen LogP contribution in [0.2, 0.25) is 0 Å². The van der Waals surface area contributed by atoms with Crippen LogP contribution in [0.4, 0.5) is 0 Å². The first kappa shape index (κ1) is 8.31. The van der Waals surface area contributed by atoms with Gasteiger partial charge in [0.15, 0.2) is 0 Å². The van der Waals surface area contributed by atoms with Crippen LogP contribution < -0.4 is 5.32 Å². The van der Waals surface area contributed by atoms with Crippen LogP contribution in [0.3, 0.4) is 0 Å². The van der Waals surface area contributed by atoms with Crippen LogP contribution in [0.5, 0.6) is 0 Å². The van der Waals surface area contributed by atoms with Crippen LogP contribution in [-0.2, 0) is 4.79 Å². The van der Waals surface area contributed by atoms with Gasteiger partial charge >= 0.3 is 0 Å². The van der Waals surface area contributed by atoms with Crippen LogP contribution in [0, 0.1) is 0 Å². The molecule has 0 spiro atoms. The van der Waals surface area contributed by atoms with E-state index in [4.69, 9.17) is 0 Å². The number of carbonyl (C=O) groups excluding carboxylic acids is 1. The van der Waals surface area contributed by atoms with E-state index in [0.717, 1.165) is 18.4 Å². The summed E-state index contributed by atoms with van der Waals surface area (Å²) in [5.41, 5.74) is 1.01. The fraction of sp³-hybridized carbons (Fsp3) is 0.667. The average molecular weight is 153 g/mol. The molecule has 0 aliphatic carbocycles. The van der Waals surface area contributed by atoms with Crippen molar-refractivity contribution in [3.8, 4) is 0 Å². The minimum atomic E-state index is -0.119. The van der Waals surface area contributed by atoms with Gasteiger partial charge in [-0.15, -0.1) is 0 Å². The number of hydrogen-bond donors (Lipinski definition) is 1. The standard InChI is InChI=1S/C9H15NO/c1-4-7(2)9(3)6-5-8(11)10-9/h2,4-6H2,1,3H3,(H,10,11). The molecule has 2 nitrogen and oxygen atoms in total. The van der Waals surface area contributed by atoms with E-state index in [0.29, 0.717) is 6.42 Å². The summed E-state index contributed by atoms with van der Waals surface area (Å²) < 4.78 is 0. The van der Waals surface area contributed by atoms with Crippen molar-refractivity contribution in [3.63, 3.8) is 0 Å². The van der Waals surface area contributed by atoms with Crippen molar-refractivity contribution in [1.29, 1.82) is 0 Å². The van der Waals surface area contributed by atoms with Crippen molar-refractivity contribution in [2.24, 2.45) is 0 Å². The molecule has 11 heavy (non-hydrogen) atoms. The van der Waals surface area contributed by atoms with Crippen molar-refractivity contribution in [2.45, 2.75) is 38.6 Å². The van der Waals surface area contributed by atoms with Gasteiger partial charge in [-0.1, -0.05) is 19.1 Å². The van der Waals surface area contributed by atoms with Crippen LogP contribution in [0.1, 0.15) is 33.1 Å². The maximum absolute atomic E-state index is 10.9. The second-order valence-corrected chi connectivity index (χ2v) is 3.34. The highest BCUT2D eigenvalue weighted by atomic mass is 16.2. The topological polar surface area (TPSA) is 29.1 Å². The monoisotopic (exact) mass is 153 g/mol. The molecule has 1 amide bonds. The molecule has 0 radical (unpaired) electrons. The van der Waals surface area contributed by atoms with Gasteiger partial charge in [0.25, 0.3) is 0 Å². The first-order chi connectivity index (χ1) is 5.08. The Hall–Kier alpha value is -0.790. The van der Waals surface area contributed by atoms with Gasteiger partial charge in [0, 0.05) is 6.42 Å². The third kappa shape index (κ3) is 1.44.